The standard InChI is InChI=1S/C25H29BrFN5O4S/c1-3-19(28)25(34)36-13-16-12-35-8-7-32(16)11-20-21(14(2)33)22(17-5-4-15(27)10-18(17)26)31-23(30-20)24-29-6-9-37-24/h4-6,9-10,16,19,22H,3,7-8,11-13,28H2,1-2H3,(H,30,31)/t16-,19-,22?/m0/s1. The van der Waals surface area contributed by atoms with E-state index in [9.17, 15) is 14.0 Å². The number of benzene rings is 1. The first kappa shape index (κ1) is 27.5. The SMILES string of the molecule is CC[C@H](N)C(=O)OC[C@@H]1COCCN1CC1=C(C(C)=O)C(c2ccc(F)cc2Br)N=C(c2nccs2)N1. The highest BCUT2D eigenvalue weighted by atomic mass is 79.9. The number of carbonyl (C=O) groups excluding carboxylic acids is 2. The summed E-state index contributed by atoms with van der Waals surface area (Å²) in [7, 11) is 0. The number of nitrogens with one attached hydrogen (secondary N) is 1. The molecule has 2 aromatic rings. The van der Waals surface area contributed by atoms with Gasteiger partial charge in [0.15, 0.2) is 16.6 Å². The van der Waals surface area contributed by atoms with Crippen LogP contribution in [0.4, 0.5) is 4.39 Å². The lowest BCUT2D eigenvalue weighted by Gasteiger charge is -2.37. The minimum atomic E-state index is -0.669. The lowest BCUT2D eigenvalue weighted by atomic mass is 9.92. The highest BCUT2D eigenvalue weighted by molar-refractivity contribution is 9.10. The number of ketones is 1. The minimum Gasteiger partial charge on any atom is -0.463 e. The van der Waals surface area contributed by atoms with Gasteiger partial charge in [-0.05, 0) is 31.0 Å². The van der Waals surface area contributed by atoms with Crippen LogP contribution in [0, 0.1) is 5.82 Å². The maximum absolute atomic E-state index is 13.9. The summed E-state index contributed by atoms with van der Waals surface area (Å²) in [6.45, 7) is 5.25. The van der Waals surface area contributed by atoms with E-state index in [0.29, 0.717) is 64.9 Å². The topological polar surface area (TPSA) is 119 Å². The van der Waals surface area contributed by atoms with Gasteiger partial charge in [-0.2, -0.15) is 0 Å². The van der Waals surface area contributed by atoms with Crippen molar-refractivity contribution < 1.29 is 23.5 Å². The van der Waals surface area contributed by atoms with E-state index in [4.69, 9.17) is 20.2 Å². The van der Waals surface area contributed by atoms with Crippen molar-refractivity contribution in [1.82, 2.24) is 15.2 Å². The lowest BCUT2D eigenvalue weighted by Crippen LogP contribution is -2.51. The fourth-order valence-corrected chi connectivity index (χ4v) is 5.39. The molecule has 2 aliphatic heterocycles. The number of halogens is 2. The number of nitrogens with two attached hydrogens (primary N) is 1. The molecule has 0 spiro atoms. The van der Waals surface area contributed by atoms with Crippen LogP contribution >= 0.6 is 27.3 Å². The number of rotatable bonds is 9. The zero-order chi connectivity index (χ0) is 26.5. The number of esters is 1. The van der Waals surface area contributed by atoms with Crippen molar-refractivity contribution in [3.05, 3.63) is 61.9 Å². The summed E-state index contributed by atoms with van der Waals surface area (Å²) in [5, 5.41) is 5.85. The number of Topliss-reactive ketones (excluding diaryl/α,β-unsaturated/α-hetero) is 1. The molecule has 12 heteroatoms. The van der Waals surface area contributed by atoms with Gasteiger partial charge >= 0.3 is 5.97 Å². The van der Waals surface area contributed by atoms with Crippen molar-refractivity contribution in [2.75, 3.05) is 32.9 Å². The van der Waals surface area contributed by atoms with Crippen LogP contribution < -0.4 is 11.1 Å². The zero-order valence-electron chi connectivity index (χ0n) is 20.6. The molecule has 37 heavy (non-hydrogen) atoms. The monoisotopic (exact) mass is 593 g/mol. The van der Waals surface area contributed by atoms with Gasteiger partial charge in [-0.25, -0.2) is 9.37 Å². The molecule has 4 rings (SSSR count). The van der Waals surface area contributed by atoms with Gasteiger partial charge in [-0.3, -0.25) is 19.5 Å². The molecule has 1 aromatic carbocycles. The second-order valence-electron chi connectivity index (χ2n) is 8.80. The molecule has 2 aliphatic rings. The first-order chi connectivity index (χ1) is 17.8. The maximum Gasteiger partial charge on any atom is 0.322 e. The van der Waals surface area contributed by atoms with Crippen LogP contribution in [-0.2, 0) is 19.1 Å². The maximum atomic E-state index is 13.9. The van der Waals surface area contributed by atoms with E-state index in [2.05, 4.69) is 31.1 Å². The van der Waals surface area contributed by atoms with Gasteiger partial charge in [0.25, 0.3) is 0 Å². The number of aromatic nitrogens is 1. The summed E-state index contributed by atoms with van der Waals surface area (Å²) >= 11 is 4.87. The molecule has 198 valence electrons. The molecule has 3 N–H and O–H groups in total. The Morgan fingerprint density at radius 2 is 2.24 bits per heavy atom. The number of hydrogen-bond acceptors (Lipinski definition) is 10. The number of carbonyl (C=O) groups is 2. The lowest BCUT2D eigenvalue weighted by molar-refractivity contribution is -0.149. The molecule has 9 nitrogen and oxygen atoms in total. The van der Waals surface area contributed by atoms with Crippen molar-refractivity contribution >= 4 is 44.9 Å². The number of amidine groups is 1. The van der Waals surface area contributed by atoms with Gasteiger partial charge in [0, 0.05) is 40.4 Å². The predicted molar refractivity (Wildman–Crippen MR) is 142 cm³/mol. The van der Waals surface area contributed by atoms with Crippen molar-refractivity contribution in [2.24, 2.45) is 10.7 Å². The van der Waals surface area contributed by atoms with Crippen molar-refractivity contribution in [3.63, 3.8) is 0 Å². The summed E-state index contributed by atoms with van der Waals surface area (Å²) in [5.74, 6) is -0.472. The van der Waals surface area contributed by atoms with Gasteiger partial charge in [0.05, 0.1) is 19.3 Å². The Hall–Kier alpha value is -2.51. The molecule has 1 unspecified atom stereocenters. The van der Waals surface area contributed by atoms with Crippen LogP contribution in [-0.4, -0.2) is 72.5 Å². The highest BCUT2D eigenvalue weighted by Gasteiger charge is 2.34. The van der Waals surface area contributed by atoms with Gasteiger partial charge in [0.1, 0.15) is 24.5 Å². The summed E-state index contributed by atoms with van der Waals surface area (Å²) in [6, 6.07) is 2.79. The molecule has 0 aliphatic carbocycles. The third kappa shape index (κ3) is 6.50. The number of ether oxygens (including phenoxy) is 2. The summed E-state index contributed by atoms with van der Waals surface area (Å²) in [5.41, 5.74) is 7.61. The third-order valence-electron chi connectivity index (χ3n) is 6.27. The number of morpholine rings is 1. The third-order valence-corrected chi connectivity index (χ3v) is 7.74. The second-order valence-corrected chi connectivity index (χ2v) is 10.5. The number of aliphatic imine (C=N–C) groups is 1. The fraction of sp³-hybridized carbons (Fsp3) is 0.440. The Balaban J connectivity index is 1.67. The van der Waals surface area contributed by atoms with Crippen molar-refractivity contribution in [2.45, 2.75) is 38.4 Å². The van der Waals surface area contributed by atoms with Crippen LogP contribution in [0.1, 0.15) is 36.9 Å². The van der Waals surface area contributed by atoms with Crippen LogP contribution in [0.25, 0.3) is 0 Å². The molecule has 3 heterocycles. The van der Waals surface area contributed by atoms with E-state index >= 15 is 0 Å². The number of nitrogens with zero attached hydrogens (tertiary/aromatic N) is 3. The quantitative estimate of drug-likeness (QED) is 0.426. The largest absolute Gasteiger partial charge is 0.463 e. The molecule has 0 amide bonds. The number of thiazole rings is 1. The van der Waals surface area contributed by atoms with Crippen LogP contribution in [0.15, 0.2) is 50.5 Å². The van der Waals surface area contributed by atoms with E-state index in [1.54, 1.807) is 12.3 Å². The Labute approximate surface area is 227 Å². The van der Waals surface area contributed by atoms with Crippen LogP contribution in [0.3, 0.4) is 0 Å². The van der Waals surface area contributed by atoms with E-state index in [1.807, 2.05) is 12.3 Å². The second kappa shape index (κ2) is 12.4. The van der Waals surface area contributed by atoms with E-state index in [0.717, 1.165) is 0 Å². The van der Waals surface area contributed by atoms with Crippen molar-refractivity contribution in [3.8, 4) is 0 Å². The molecule has 0 radical (unpaired) electrons. The molecule has 0 saturated carbocycles. The average molecular weight is 595 g/mol. The van der Waals surface area contributed by atoms with E-state index in [1.165, 1.54) is 30.4 Å². The Kier molecular flexibility index (Phi) is 9.19. The highest BCUT2D eigenvalue weighted by Crippen LogP contribution is 2.37. The van der Waals surface area contributed by atoms with E-state index in [-0.39, 0.29) is 18.4 Å². The first-order valence-corrected chi connectivity index (χ1v) is 13.6. The molecule has 3 atom stereocenters. The van der Waals surface area contributed by atoms with Crippen LogP contribution in [0.2, 0.25) is 0 Å². The van der Waals surface area contributed by atoms with Gasteiger partial charge < -0.3 is 20.5 Å². The van der Waals surface area contributed by atoms with Crippen molar-refractivity contribution in [1.29, 1.82) is 0 Å². The Morgan fingerprint density at radius 1 is 1.43 bits per heavy atom. The van der Waals surface area contributed by atoms with Gasteiger partial charge in [-0.1, -0.05) is 28.9 Å². The molecule has 0 bridgehead atoms. The molecule has 1 saturated heterocycles. The fourth-order valence-electron chi connectivity index (χ4n) is 4.23. The summed E-state index contributed by atoms with van der Waals surface area (Å²) in [4.78, 5) is 36.5. The van der Waals surface area contributed by atoms with Gasteiger partial charge in [-0.15, -0.1) is 11.3 Å². The minimum absolute atomic E-state index is 0.121. The Bertz CT molecular complexity index is 1210. The van der Waals surface area contributed by atoms with E-state index < -0.39 is 23.9 Å². The summed E-state index contributed by atoms with van der Waals surface area (Å²) in [6.07, 6.45) is 2.17. The van der Waals surface area contributed by atoms with Crippen LogP contribution in [0.5, 0.6) is 0 Å². The normalized spacial score (nSPS) is 21.3. The molecule has 1 fully saturated rings. The Morgan fingerprint density at radius 3 is 2.92 bits per heavy atom. The predicted octanol–water partition coefficient (Wildman–Crippen LogP) is 2.96. The summed E-state index contributed by atoms with van der Waals surface area (Å²) < 4.78 is 25.5. The molecular weight excluding hydrogens is 565 g/mol. The number of hydrogen-bond donors (Lipinski definition) is 2. The smallest absolute Gasteiger partial charge is 0.322 e. The average Bonchev–Trinajstić information content (AvgIpc) is 3.42. The molecular formula is C25H29BrFN5O4S. The van der Waals surface area contributed by atoms with Gasteiger partial charge in [0.2, 0.25) is 0 Å². The first-order valence-electron chi connectivity index (χ1n) is 12.0. The molecule has 1 aromatic heterocycles. The zero-order valence-corrected chi connectivity index (χ0v) is 23.0.